The zero-order valence-electron chi connectivity index (χ0n) is 9.70. The van der Waals surface area contributed by atoms with E-state index in [0.717, 1.165) is 5.19 Å². The van der Waals surface area contributed by atoms with Gasteiger partial charge in [0.2, 0.25) is 11.8 Å². The molecule has 16 heavy (non-hydrogen) atoms. The molecule has 0 spiro atoms. The fraction of sp³-hybridized carbons (Fsp3) is 0.273. The number of nitrogens with two attached hydrogens (primary N) is 2. The molecule has 0 aromatic heterocycles. The molecule has 1 rings (SSSR count). The smallest absolute Gasteiger partial charge is 0.249 e. The summed E-state index contributed by atoms with van der Waals surface area (Å²) in [6.07, 6.45) is 0. The van der Waals surface area contributed by atoms with Crippen LogP contribution in [0.5, 0.6) is 0 Å². The van der Waals surface area contributed by atoms with E-state index in [1.165, 1.54) is 6.07 Å². The maximum Gasteiger partial charge on any atom is 0.249 e. The molecule has 0 aliphatic heterocycles. The predicted octanol–water partition coefficient (Wildman–Crippen LogP) is 0.430. The zero-order valence-corrected chi connectivity index (χ0v) is 10.7. The van der Waals surface area contributed by atoms with Gasteiger partial charge < -0.3 is 11.5 Å². The number of amides is 2. The summed E-state index contributed by atoms with van der Waals surface area (Å²) in [5, 5.41) is 0.872. The van der Waals surface area contributed by atoms with Gasteiger partial charge in [-0.15, -0.1) is 0 Å². The largest absolute Gasteiger partial charge is 0.366 e. The van der Waals surface area contributed by atoms with E-state index in [1.807, 2.05) is 6.07 Å². The maximum atomic E-state index is 11.4. The van der Waals surface area contributed by atoms with E-state index in [-0.39, 0.29) is 11.1 Å². The Kier molecular flexibility index (Phi) is 3.18. The molecular weight excluding hydrogens is 220 g/mol. The molecule has 0 aliphatic rings. The first-order chi connectivity index (χ1) is 7.25. The van der Waals surface area contributed by atoms with Gasteiger partial charge in [0.25, 0.3) is 0 Å². The summed E-state index contributed by atoms with van der Waals surface area (Å²) in [7, 11) is -1.73. The first-order valence-electron chi connectivity index (χ1n) is 4.98. The standard InChI is InChI=1S/C11H16N2O2Si/c1-16(2,3)8-6-4-5-7(10(12)14)9(8)11(13)15/h4-6H,1-3H3,(H2,12,14)(H2,13,15). The summed E-state index contributed by atoms with van der Waals surface area (Å²) in [5.41, 5.74) is 11.1. The highest BCUT2D eigenvalue weighted by atomic mass is 28.3. The third kappa shape index (κ3) is 2.30. The van der Waals surface area contributed by atoms with Crippen molar-refractivity contribution in [2.75, 3.05) is 0 Å². The van der Waals surface area contributed by atoms with Crippen LogP contribution in [0, 0.1) is 0 Å². The summed E-state index contributed by atoms with van der Waals surface area (Å²) < 4.78 is 0. The van der Waals surface area contributed by atoms with Crippen LogP contribution in [0.2, 0.25) is 19.6 Å². The molecule has 0 unspecified atom stereocenters. The molecule has 86 valence electrons. The highest BCUT2D eigenvalue weighted by Crippen LogP contribution is 2.11. The van der Waals surface area contributed by atoms with E-state index in [4.69, 9.17) is 11.5 Å². The molecule has 0 aliphatic carbocycles. The van der Waals surface area contributed by atoms with E-state index in [0.29, 0.717) is 0 Å². The lowest BCUT2D eigenvalue weighted by molar-refractivity contribution is 0.0968. The lowest BCUT2D eigenvalue weighted by Gasteiger charge is -2.20. The average molecular weight is 236 g/mol. The molecule has 1 aromatic carbocycles. The van der Waals surface area contributed by atoms with Crippen molar-refractivity contribution >= 4 is 25.1 Å². The lowest BCUT2D eigenvalue weighted by Crippen LogP contribution is -2.44. The van der Waals surface area contributed by atoms with Crippen LogP contribution < -0.4 is 16.7 Å². The normalized spacial score (nSPS) is 11.2. The highest BCUT2D eigenvalue weighted by molar-refractivity contribution is 6.89. The maximum absolute atomic E-state index is 11.4. The second kappa shape index (κ2) is 4.09. The fourth-order valence-electron chi connectivity index (χ4n) is 1.65. The second-order valence-corrected chi connectivity index (χ2v) is 9.75. The van der Waals surface area contributed by atoms with Crippen LogP contribution >= 0.6 is 0 Å². The molecule has 4 nitrogen and oxygen atoms in total. The minimum atomic E-state index is -1.73. The van der Waals surface area contributed by atoms with Gasteiger partial charge in [0.1, 0.15) is 0 Å². The van der Waals surface area contributed by atoms with E-state index in [9.17, 15) is 9.59 Å². The lowest BCUT2D eigenvalue weighted by atomic mass is 10.1. The van der Waals surface area contributed by atoms with Crippen LogP contribution in [0.1, 0.15) is 20.7 Å². The molecule has 5 heteroatoms. The van der Waals surface area contributed by atoms with Gasteiger partial charge in [-0.3, -0.25) is 9.59 Å². The van der Waals surface area contributed by atoms with Crippen LogP contribution in [-0.4, -0.2) is 19.9 Å². The summed E-state index contributed by atoms with van der Waals surface area (Å²) in [6, 6.07) is 5.12. The van der Waals surface area contributed by atoms with E-state index in [2.05, 4.69) is 19.6 Å². The number of carbonyl (C=O) groups excluding carboxylic acids is 2. The Morgan fingerprint density at radius 1 is 1.06 bits per heavy atom. The van der Waals surface area contributed by atoms with Gasteiger partial charge in [0, 0.05) is 0 Å². The minimum absolute atomic E-state index is 0.215. The van der Waals surface area contributed by atoms with Gasteiger partial charge in [-0.25, -0.2) is 0 Å². The zero-order chi connectivity index (χ0) is 12.5. The molecular formula is C11H16N2O2Si. The second-order valence-electron chi connectivity index (χ2n) is 4.71. The van der Waals surface area contributed by atoms with E-state index in [1.54, 1.807) is 6.07 Å². The first kappa shape index (κ1) is 12.4. The quantitative estimate of drug-likeness (QED) is 0.746. The molecule has 4 N–H and O–H groups in total. The Morgan fingerprint density at radius 2 is 1.62 bits per heavy atom. The van der Waals surface area contributed by atoms with Crippen molar-refractivity contribution in [1.29, 1.82) is 0 Å². The summed E-state index contributed by atoms with van der Waals surface area (Å²) in [4.78, 5) is 22.7. The summed E-state index contributed by atoms with van der Waals surface area (Å²) in [6.45, 7) is 6.25. The van der Waals surface area contributed by atoms with Gasteiger partial charge in [-0.2, -0.15) is 0 Å². The Bertz CT molecular complexity index is 450. The van der Waals surface area contributed by atoms with Crippen molar-refractivity contribution in [1.82, 2.24) is 0 Å². The molecule has 0 saturated carbocycles. The molecule has 0 heterocycles. The number of primary amides is 2. The van der Waals surface area contributed by atoms with Gasteiger partial charge in [0.15, 0.2) is 0 Å². The van der Waals surface area contributed by atoms with Crippen molar-refractivity contribution in [3.8, 4) is 0 Å². The molecule has 0 radical (unpaired) electrons. The number of rotatable bonds is 3. The number of hydrogen-bond acceptors (Lipinski definition) is 2. The van der Waals surface area contributed by atoms with Crippen LogP contribution in [0.25, 0.3) is 0 Å². The van der Waals surface area contributed by atoms with Gasteiger partial charge in [0.05, 0.1) is 19.2 Å². The molecule has 0 saturated heterocycles. The Balaban J connectivity index is 3.58. The Labute approximate surface area is 95.6 Å². The van der Waals surface area contributed by atoms with Gasteiger partial charge >= 0.3 is 0 Å². The predicted molar refractivity (Wildman–Crippen MR) is 66.5 cm³/mol. The minimum Gasteiger partial charge on any atom is -0.366 e. The third-order valence-electron chi connectivity index (χ3n) is 2.38. The number of hydrogen-bond donors (Lipinski definition) is 2. The van der Waals surface area contributed by atoms with Crippen molar-refractivity contribution in [2.24, 2.45) is 11.5 Å². The first-order valence-corrected chi connectivity index (χ1v) is 8.48. The van der Waals surface area contributed by atoms with Crippen LogP contribution in [0.4, 0.5) is 0 Å². The van der Waals surface area contributed by atoms with Crippen molar-refractivity contribution < 1.29 is 9.59 Å². The molecule has 0 bridgehead atoms. The molecule has 0 fully saturated rings. The summed E-state index contributed by atoms with van der Waals surface area (Å²) >= 11 is 0. The fourth-order valence-corrected chi connectivity index (χ4v) is 3.25. The third-order valence-corrected chi connectivity index (χ3v) is 4.42. The molecule has 1 aromatic rings. The van der Waals surface area contributed by atoms with Gasteiger partial charge in [-0.05, 0) is 11.3 Å². The Morgan fingerprint density at radius 3 is 2.00 bits per heavy atom. The number of carbonyl (C=O) groups is 2. The van der Waals surface area contributed by atoms with Crippen molar-refractivity contribution in [3.05, 3.63) is 29.3 Å². The highest BCUT2D eigenvalue weighted by Gasteiger charge is 2.25. The topological polar surface area (TPSA) is 86.2 Å². The van der Waals surface area contributed by atoms with E-state index < -0.39 is 19.9 Å². The van der Waals surface area contributed by atoms with Crippen LogP contribution in [0.3, 0.4) is 0 Å². The Hall–Kier alpha value is -1.62. The van der Waals surface area contributed by atoms with Crippen molar-refractivity contribution in [2.45, 2.75) is 19.6 Å². The van der Waals surface area contributed by atoms with E-state index >= 15 is 0 Å². The monoisotopic (exact) mass is 236 g/mol. The number of benzene rings is 1. The molecule has 0 atom stereocenters. The van der Waals surface area contributed by atoms with Crippen LogP contribution in [-0.2, 0) is 0 Å². The average Bonchev–Trinajstić information content (AvgIpc) is 2.14. The van der Waals surface area contributed by atoms with Crippen molar-refractivity contribution in [3.63, 3.8) is 0 Å². The SMILES string of the molecule is C[Si](C)(C)c1cccc(C(N)=O)c1C(N)=O. The van der Waals surface area contributed by atoms with Gasteiger partial charge in [-0.1, -0.05) is 31.8 Å². The summed E-state index contributed by atoms with van der Waals surface area (Å²) in [5.74, 6) is -1.21. The van der Waals surface area contributed by atoms with Crippen LogP contribution in [0.15, 0.2) is 18.2 Å². The molecule has 2 amide bonds.